The van der Waals surface area contributed by atoms with E-state index >= 15 is 0 Å². The molecule has 1 aliphatic heterocycles. The zero-order valence-corrected chi connectivity index (χ0v) is 12.5. The SMILES string of the molecule is Cc1cc(-c2nc3c(cc2Cl)NC(=O)CC3)cn(C)c1=O. The zero-order chi connectivity index (χ0) is 15.1. The summed E-state index contributed by atoms with van der Waals surface area (Å²) in [5.41, 5.74) is 3.51. The van der Waals surface area contributed by atoms with Gasteiger partial charge in [-0.15, -0.1) is 0 Å². The van der Waals surface area contributed by atoms with E-state index < -0.39 is 0 Å². The third-order valence-corrected chi connectivity index (χ3v) is 3.84. The number of anilines is 1. The molecule has 2 aromatic rings. The molecular formula is C15H14ClN3O2. The molecule has 21 heavy (non-hydrogen) atoms. The lowest BCUT2D eigenvalue weighted by atomic mass is 10.1. The minimum Gasteiger partial charge on any atom is -0.324 e. The number of amides is 1. The highest BCUT2D eigenvalue weighted by Gasteiger charge is 2.19. The lowest BCUT2D eigenvalue weighted by Crippen LogP contribution is -2.21. The first kappa shape index (κ1) is 13.8. The van der Waals surface area contributed by atoms with Gasteiger partial charge >= 0.3 is 0 Å². The highest BCUT2D eigenvalue weighted by atomic mass is 35.5. The standard InChI is InChI=1S/C15H14ClN3O2/c1-8-5-9(7-19(2)15(8)21)14-10(16)6-12-11(18-14)3-4-13(20)17-12/h5-7H,3-4H2,1-2H3,(H,17,20). The van der Waals surface area contributed by atoms with Gasteiger partial charge in [0.1, 0.15) is 0 Å². The van der Waals surface area contributed by atoms with Crippen molar-refractivity contribution in [3.63, 3.8) is 0 Å². The molecule has 0 aromatic carbocycles. The molecule has 2 aromatic heterocycles. The van der Waals surface area contributed by atoms with Crippen molar-refractivity contribution in [3.05, 3.63) is 45.0 Å². The second kappa shape index (κ2) is 5.00. The predicted octanol–water partition coefficient (Wildman–Crippen LogP) is 2.29. The third kappa shape index (κ3) is 2.45. The van der Waals surface area contributed by atoms with E-state index in [2.05, 4.69) is 10.3 Å². The number of nitrogens with zero attached hydrogens (tertiary/aromatic N) is 2. The van der Waals surface area contributed by atoms with E-state index in [1.807, 2.05) is 0 Å². The van der Waals surface area contributed by atoms with Crippen LogP contribution in [-0.4, -0.2) is 15.5 Å². The molecule has 0 unspecified atom stereocenters. The van der Waals surface area contributed by atoms with Gasteiger partial charge in [-0.2, -0.15) is 0 Å². The van der Waals surface area contributed by atoms with Crippen molar-refractivity contribution in [1.82, 2.24) is 9.55 Å². The Morgan fingerprint density at radius 2 is 2.05 bits per heavy atom. The number of rotatable bonds is 1. The van der Waals surface area contributed by atoms with Crippen molar-refractivity contribution in [2.75, 3.05) is 5.32 Å². The molecule has 1 amide bonds. The van der Waals surface area contributed by atoms with Gasteiger partial charge < -0.3 is 9.88 Å². The van der Waals surface area contributed by atoms with Crippen LogP contribution in [0.3, 0.4) is 0 Å². The van der Waals surface area contributed by atoms with Crippen molar-refractivity contribution in [1.29, 1.82) is 0 Å². The fourth-order valence-electron chi connectivity index (χ4n) is 2.48. The van der Waals surface area contributed by atoms with Gasteiger partial charge in [-0.1, -0.05) is 11.6 Å². The van der Waals surface area contributed by atoms with E-state index in [-0.39, 0.29) is 11.5 Å². The fourth-order valence-corrected chi connectivity index (χ4v) is 2.74. The molecule has 1 N–H and O–H groups in total. The molecule has 108 valence electrons. The number of aromatic nitrogens is 2. The summed E-state index contributed by atoms with van der Waals surface area (Å²) in [6.07, 6.45) is 2.74. The molecule has 5 nitrogen and oxygen atoms in total. The van der Waals surface area contributed by atoms with Crippen LogP contribution >= 0.6 is 11.6 Å². The van der Waals surface area contributed by atoms with Crippen LogP contribution in [0.5, 0.6) is 0 Å². The van der Waals surface area contributed by atoms with Crippen molar-refractivity contribution in [2.45, 2.75) is 19.8 Å². The molecule has 3 heterocycles. The Labute approximate surface area is 126 Å². The molecule has 0 saturated carbocycles. The molecule has 1 aliphatic rings. The minimum atomic E-state index is -0.0416. The number of carbonyl (C=O) groups excluding carboxylic acids is 1. The lowest BCUT2D eigenvalue weighted by Gasteiger charge is -2.18. The predicted molar refractivity (Wildman–Crippen MR) is 81.6 cm³/mol. The Kier molecular flexibility index (Phi) is 3.29. The molecule has 3 rings (SSSR count). The summed E-state index contributed by atoms with van der Waals surface area (Å²) in [7, 11) is 1.70. The Hall–Kier alpha value is -2.14. The van der Waals surface area contributed by atoms with Gasteiger partial charge in [0, 0.05) is 37.2 Å². The highest BCUT2D eigenvalue weighted by molar-refractivity contribution is 6.33. The van der Waals surface area contributed by atoms with Crippen molar-refractivity contribution < 1.29 is 4.79 Å². The van der Waals surface area contributed by atoms with Gasteiger partial charge in [0.05, 0.1) is 22.1 Å². The van der Waals surface area contributed by atoms with Crippen LogP contribution in [0.25, 0.3) is 11.3 Å². The topological polar surface area (TPSA) is 64.0 Å². The fraction of sp³-hybridized carbons (Fsp3) is 0.267. The summed E-state index contributed by atoms with van der Waals surface area (Å²) < 4.78 is 1.52. The number of aryl methyl sites for hydroxylation is 3. The number of hydrogen-bond donors (Lipinski definition) is 1. The summed E-state index contributed by atoms with van der Waals surface area (Å²) in [6.45, 7) is 1.76. The second-order valence-electron chi connectivity index (χ2n) is 5.19. The maximum Gasteiger partial charge on any atom is 0.253 e. The Balaban J connectivity index is 2.15. The number of fused-ring (bicyclic) bond motifs is 1. The lowest BCUT2D eigenvalue weighted by molar-refractivity contribution is -0.116. The first-order chi connectivity index (χ1) is 9.95. The van der Waals surface area contributed by atoms with Crippen LogP contribution in [0.1, 0.15) is 17.7 Å². The molecule has 0 spiro atoms. The zero-order valence-electron chi connectivity index (χ0n) is 11.7. The van der Waals surface area contributed by atoms with Crippen LogP contribution < -0.4 is 10.9 Å². The quantitative estimate of drug-likeness (QED) is 0.879. The largest absolute Gasteiger partial charge is 0.324 e. The average Bonchev–Trinajstić information content (AvgIpc) is 2.43. The summed E-state index contributed by atoms with van der Waals surface area (Å²) in [6, 6.07) is 3.50. The summed E-state index contributed by atoms with van der Waals surface area (Å²) in [4.78, 5) is 27.7. The number of pyridine rings is 2. The molecule has 6 heteroatoms. The maximum absolute atomic E-state index is 11.8. The summed E-state index contributed by atoms with van der Waals surface area (Å²) in [5.74, 6) is -0.0222. The van der Waals surface area contributed by atoms with Gasteiger partial charge in [0.15, 0.2) is 0 Å². The van der Waals surface area contributed by atoms with E-state index in [4.69, 9.17) is 11.6 Å². The Morgan fingerprint density at radius 1 is 1.29 bits per heavy atom. The van der Waals surface area contributed by atoms with E-state index in [1.165, 1.54) is 4.57 Å². The van der Waals surface area contributed by atoms with Crippen LogP contribution in [0.2, 0.25) is 5.02 Å². The summed E-state index contributed by atoms with van der Waals surface area (Å²) in [5, 5.41) is 3.22. The molecule has 0 bridgehead atoms. The monoisotopic (exact) mass is 303 g/mol. The van der Waals surface area contributed by atoms with E-state index in [0.29, 0.717) is 34.8 Å². The van der Waals surface area contributed by atoms with E-state index in [1.54, 1.807) is 32.3 Å². The Bertz CT molecular complexity index is 785. The normalized spacial score (nSPS) is 13.8. The van der Waals surface area contributed by atoms with Gasteiger partial charge in [0.25, 0.3) is 5.56 Å². The number of halogens is 1. The molecular weight excluding hydrogens is 290 g/mol. The average molecular weight is 304 g/mol. The summed E-state index contributed by atoms with van der Waals surface area (Å²) >= 11 is 6.29. The Morgan fingerprint density at radius 3 is 2.76 bits per heavy atom. The second-order valence-corrected chi connectivity index (χ2v) is 5.60. The van der Waals surface area contributed by atoms with E-state index in [9.17, 15) is 9.59 Å². The van der Waals surface area contributed by atoms with Crippen molar-refractivity contribution >= 4 is 23.2 Å². The van der Waals surface area contributed by atoms with Crippen LogP contribution in [-0.2, 0) is 18.3 Å². The highest BCUT2D eigenvalue weighted by Crippen LogP contribution is 2.32. The van der Waals surface area contributed by atoms with Crippen molar-refractivity contribution in [2.24, 2.45) is 7.05 Å². The first-order valence-electron chi connectivity index (χ1n) is 6.62. The van der Waals surface area contributed by atoms with Gasteiger partial charge in [-0.3, -0.25) is 9.59 Å². The molecule has 0 aliphatic carbocycles. The number of nitrogens with one attached hydrogen (secondary N) is 1. The smallest absolute Gasteiger partial charge is 0.253 e. The van der Waals surface area contributed by atoms with Crippen LogP contribution in [0.15, 0.2) is 23.1 Å². The molecule has 0 radical (unpaired) electrons. The molecule has 0 fully saturated rings. The van der Waals surface area contributed by atoms with Crippen molar-refractivity contribution in [3.8, 4) is 11.3 Å². The molecule has 0 atom stereocenters. The first-order valence-corrected chi connectivity index (χ1v) is 7.00. The van der Waals surface area contributed by atoms with Crippen LogP contribution in [0, 0.1) is 6.92 Å². The minimum absolute atomic E-state index is 0.0222. The van der Waals surface area contributed by atoms with Gasteiger partial charge in [0.2, 0.25) is 5.91 Å². The van der Waals surface area contributed by atoms with Gasteiger partial charge in [-0.05, 0) is 19.1 Å². The number of hydrogen-bond acceptors (Lipinski definition) is 3. The third-order valence-electron chi connectivity index (χ3n) is 3.55. The van der Waals surface area contributed by atoms with Crippen LogP contribution in [0.4, 0.5) is 5.69 Å². The van der Waals surface area contributed by atoms with E-state index in [0.717, 1.165) is 11.3 Å². The maximum atomic E-state index is 11.8. The van der Waals surface area contributed by atoms with Gasteiger partial charge in [-0.25, -0.2) is 4.98 Å². The molecule has 0 saturated heterocycles. The number of carbonyl (C=O) groups is 1.